The molecule has 1 aromatic carbocycles. The van der Waals surface area contributed by atoms with Gasteiger partial charge in [-0.15, -0.1) is 0 Å². The summed E-state index contributed by atoms with van der Waals surface area (Å²) in [6, 6.07) is 4.06. The standard InChI is InChI=1S/C12H17BrO2/c1-8-5-12(15-4)10(6-9(2)13)7-11(8)14-3/h5,7,9H,6H2,1-4H3/t9-/m1/s1. The monoisotopic (exact) mass is 272 g/mol. The molecule has 0 amide bonds. The van der Waals surface area contributed by atoms with Crippen LogP contribution in [0.3, 0.4) is 0 Å². The van der Waals surface area contributed by atoms with Crippen LogP contribution in [0.2, 0.25) is 0 Å². The number of methoxy groups -OCH3 is 2. The van der Waals surface area contributed by atoms with Gasteiger partial charge in [-0.05, 0) is 36.6 Å². The van der Waals surface area contributed by atoms with Crippen molar-refractivity contribution in [2.45, 2.75) is 25.1 Å². The first-order valence-corrected chi connectivity index (χ1v) is 5.85. The van der Waals surface area contributed by atoms with Crippen LogP contribution < -0.4 is 9.47 Å². The van der Waals surface area contributed by atoms with Crippen molar-refractivity contribution in [1.82, 2.24) is 0 Å². The van der Waals surface area contributed by atoms with Gasteiger partial charge in [0.1, 0.15) is 11.5 Å². The fourth-order valence-corrected chi connectivity index (χ4v) is 1.92. The summed E-state index contributed by atoms with van der Waals surface area (Å²) >= 11 is 3.54. The molecular weight excluding hydrogens is 256 g/mol. The summed E-state index contributed by atoms with van der Waals surface area (Å²) in [5.74, 6) is 1.85. The van der Waals surface area contributed by atoms with Gasteiger partial charge in [-0.2, -0.15) is 0 Å². The summed E-state index contributed by atoms with van der Waals surface area (Å²) in [5, 5.41) is 0. The molecule has 0 heterocycles. The maximum atomic E-state index is 5.35. The minimum Gasteiger partial charge on any atom is -0.496 e. The van der Waals surface area contributed by atoms with E-state index in [1.165, 1.54) is 5.56 Å². The topological polar surface area (TPSA) is 18.5 Å². The first-order chi connectivity index (χ1) is 7.08. The highest BCUT2D eigenvalue weighted by molar-refractivity contribution is 9.09. The molecule has 15 heavy (non-hydrogen) atoms. The SMILES string of the molecule is COc1cc(C[C@@H](C)Br)c(OC)cc1C. The molecular formula is C12H17BrO2. The molecule has 0 unspecified atom stereocenters. The average molecular weight is 273 g/mol. The fourth-order valence-electron chi connectivity index (χ4n) is 1.58. The van der Waals surface area contributed by atoms with Crippen LogP contribution in [-0.4, -0.2) is 19.0 Å². The third kappa shape index (κ3) is 3.13. The van der Waals surface area contributed by atoms with Gasteiger partial charge in [-0.3, -0.25) is 0 Å². The second-order valence-electron chi connectivity index (χ2n) is 3.62. The molecule has 84 valence electrons. The molecule has 0 fully saturated rings. The van der Waals surface area contributed by atoms with Gasteiger partial charge < -0.3 is 9.47 Å². The molecule has 0 N–H and O–H groups in total. The fraction of sp³-hybridized carbons (Fsp3) is 0.500. The second kappa shape index (κ2) is 5.40. The maximum Gasteiger partial charge on any atom is 0.122 e. The Morgan fingerprint density at radius 1 is 1.20 bits per heavy atom. The third-order valence-electron chi connectivity index (χ3n) is 2.30. The van der Waals surface area contributed by atoms with Crippen molar-refractivity contribution in [3.8, 4) is 11.5 Å². The maximum absolute atomic E-state index is 5.35. The summed E-state index contributed by atoms with van der Waals surface area (Å²) < 4.78 is 10.6. The molecule has 0 bridgehead atoms. The second-order valence-corrected chi connectivity index (χ2v) is 5.18. The van der Waals surface area contributed by atoms with Crippen LogP contribution in [0.1, 0.15) is 18.1 Å². The van der Waals surface area contributed by atoms with E-state index in [9.17, 15) is 0 Å². The van der Waals surface area contributed by atoms with Gasteiger partial charge in [0.2, 0.25) is 0 Å². The Labute approximate surface area is 99.7 Å². The van der Waals surface area contributed by atoms with Gasteiger partial charge in [-0.1, -0.05) is 22.9 Å². The van der Waals surface area contributed by atoms with Crippen molar-refractivity contribution in [3.63, 3.8) is 0 Å². The van der Waals surface area contributed by atoms with E-state index in [2.05, 4.69) is 22.9 Å². The van der Waals surface area contributed by atoms with E-state index in [-0.39, 0.29) is 0 Å². The van der Waals surface area contributed by atoms with Crippen LogP contribution in [0.15, 0.2) is 12.1 Å². The highest BCUT2D eigenvalue weighted by atomic mass is 79.9. The lowest BCUT2D eigenvalue weighted by Crippen LogP contribution is -2.01. The lowest BCUT2D eigenvalue weighted by molar-refractivity contribution is 0.396. The smallest absolute Gasteiger partial charge is 0.122 e. The molecule has 0 spiro atoms. The van der Waals surface area contributed by atoms with E-state index in [4.69, 9.17) is 9.47 Å². The first kappa shape index (κ1) is 12.4. The minimum atomic E-state index is 0.429. The van der Waals surface area contributed by atoms with E-state index >= 15 is 0 Å². The van der Waals surface area contributed by atoms with Gasteiger partial charge in [0.05, 0.1) is 14.2 Å². The molecule has 0 radical (unpaired) electrons. The molecule has 0 aliphatic rings. The Balaban J connectivity index is 3.10. The van der Waals surface area contributed by atoms with E-state index < -0.39 is 0 Å². The minimum absolute atomic E-state index is 0.429. The lowest BCUT2D eigenvalue weighted by Gasteiger charge is -2.13. The van der Waals surface area contributed by atoms with Crippen LogP contribution in [0.5, 0.6) is 11.5 Å². The van der Waals surface area contributed by atoms with Crippen LogP contribution in [0.25, 0.3) is 0 Å². The van der Waals surface area contributed by atoms with Gasteiger partial charge >= 0.3 is 0 Å². The Hall–Kier alpha value is -0.700. The van der Waals surface area contributed by atoms with E-state index in [1.807, 2.05) is 19.1 Å². The van der Waals surface area contributed by atoms with Crippen LogP contribution in [0.4, 0.5) is 0 Å². The molecule has 0 saturated carbocycles. The molecule has 0 aliphatic heterocycles. The first-order valence-electron chi connectivity index (χ1n) is 4.94. The van der Waals surface area contributed by atoms with Crippen molar-refractivity contribution in [2.24, 2.45) is 0 Å². The average Bonchev–Trinajstić information content (AvgIpc) is 2.19. The number of aryl methyl sites for hydroxylation is 1. The van der Waals surface area contributed by atoms with Crippen LogP contribution >= 0.6 is 15.9 Å². The summed E-state index contributed by atoms with van der Waals surface area (Å²) in [4.78, 5) is 0.429. The zero-order chi connectivity index (χ0) is 11.4. The normalized spacial score (nSPS) is 12.3. The van der Waals surface area contributed by atoms with Crippen LogP contribution in [0, 0.1) is 6.92 Å². The van der Waals surface area contributed by atoms with Crippen molar-refractivity contribution < 1.29 is 9.47 Å². The van der Waals surface area contributed by atoms with Crippen molar-refractivity contribution in [2.75, 3.05) is 14.2 Å². The number of halogens is 1. The van der Waals surface area contributed by atoms with Gasteiger partial charge in [0.25, 0.3) is 0 Å². The molecule has 3 heteroatoms. The van der Waals surface area contributed by atoms with Crippen LogP contribution in [-0.2, 0) is 6.42 Å². The number of hydrogen-bond donors (Lipinski definition) is 0. The molecule has 1 aromatic rings. The number of alkyl halides is 1. The predicted molar refractivity (Wildman–Crippen MR) is 66.4 cm³/mol. The summed E-state index contributed by atoms with van der Waals surface area (Å²) in [5.41, 5.74) is 2.27. The number of benzene rings is 1. The molecule has 2 nitrogen and oxygen atoms in total. The third-order valence-corrected chi connectivity index (χ3v) is 2.62. The molecule has 1 atom stereocenters. The highest BCUT2D eigenvalue weighted by Crippen LogP contribution is 2.29. The molecule has 1 rings (SSSR count). The van der Waals surface area contributed by atoms with E-state index in [0.717, 1.165) is 23.5 Å². The zero-order valence-corrected chi connectivity index (χ0v) is 11.2. The predicted octanol–water partition coefficient (Wildman–Crippen LogP) is 3.34. The molecule has 0 aliphatic carbocycles. The van der Waals surface area contributed by atoms with Gasteiger partial charge in [0.15, 0.2) is 0 Å². The lowest BCUT2D eigenvalue weighted by atomic mass is 10.1. The van der Waals surface area contributed by atoms with Crippen molar-refractivity contribution >= 4 is 15.9 Å². The van der Waals surface area contributed by atoms with E-state index in [0.29, 0.717) is 4.83 Å². The van der Waals surface area contributed by atoms with Crippen molar-refractivity contribution in [3.05, 3.63) is 23.3 Å². The molecule has 0 saturated heterocycles. The Morgan fingerprint density at radius 2 is 1.80 bits per heavy atom. The van der Waals surface area contributed by atoms with Gasteiger partial charge in [-0.25, -0.2) is 0 Å². The van der Waals surface area contributed by atoms with Gasteiger partial charge in [0, 0.05) is 4.83 Å². The van der Waals surface area contributed by atoms with Crippen molar-refractivity contribution in [1.29, 1.82) is 0 Å². The van der Waals surface area contributed by atoms with E-state index in [1.54, 1.807) is 14.2 Å². The summed E-state index contributed by atoms with van der Waals surface area (Å²) in [6.07, 6.45) is 0.930. The zero-order valence-electron chi connectivity index (χ0n) is 9.63. The number of hydrogen-bond acceptors (Lipinski definition) is 2. The number of ether oxygens (including phenoxy) is 2. The quantitative estimate of drug-likeness (QED) is 0.783. The Bertz CT molecular complexity index is 335. The number of rotatable bonds is 4. The largest absolute Gasteiger partial charge is 0.496 e. The Kier molecular flexibility index (Phi) is 4.45. The molecule has 0 aromatic heterocycles. The summed E-state index contributed by atoms with van der Waals surface area (Å²) in [7, 11) is 3.39. The highest BCUT2D eigenvalue weighted by Gasteiger charge is 2.10. The Morgan fingerprint density at radius 3 is 2.27 bits per heavy atom. The summed E-state index contributed by atoms with van der Waals surface area (Å²) in [6.45, 7) is 4.13.